The first-order chi connectivity index (χ1) is 10.2. The van der Waals surface area contributed by atoms with E-state index in [2.05, 4.69) is 6.07 Å². The minimum Gasteiger partial charge on any atom is -0.480 e. The molecule has 1 unspecified atom stereocenters. The highest BCUT2D eigenvalue weighted by Gasteiger charge is 2.37. The molecule has 3 rings (SSSR count). The molecule has 1 aliphatic carbocycles. The molecule has 0 aromatic heterocycles. The molecule has 1 aliphatic heterocycles. The number of hydrogen-bond donors (Lipinski definition) is 1. The number of likely N-dealkylation sites (tertiary alicyclic amines) is 1. The van der Waals surface area contributed by atoms with Gasteiger partial charge in [-0.2, -0.15) is 0 Å². The molecular weight excluding hydrogens is 266 g/mol. The Morgan fingerprint density at radius 1 is 1.10 bits per heavy atom. The molecule has 1 heterocycles. The van der Waals surface area contributed by atoms with Crippen molar-refractivity contribution in [3.05, 3.63) is 35.4 Å². The number of fused-ring (bicyclic) bond motifs is 1. The largest absolute Gasteiger partial charge is 0.480 e. The maximum Gasteiger partial charge on any atom is 0.326 e. The zero-order valence-corrected chi connectivity index (χ0v) is 12.1. The molecule has 0 spiro atoms. The van der Waals surface area contributed by atoms with Gasteiger partial charge in [-0.05, 0) is 49.7 Å². The predicted octanol–water partition coefficient (Wildman–Crippen LogP) is 2.57. The van der Waals surface area contributed by atoms with Gasteiger partial charge in [0.05, 0.1) is 5.92 Å². The normalized spacial score (nSPS) is 25.2. The Balaban J connectivity index is 1.86. The van der Waals surface area contributed by atoms with Gasteiger partial charge in [-0.3, -0.25) is 4.79 Å². The van der Waals surface area contributed by atoms with Crippen molar-refractivity contribution in [1.82, 2.24) is 4.90 Å². The molecule has 21 heavy (non-hydrogen) atoms. The zero-order chi connectivity index (χ0) is 14.8. The Morgan fingerprint density at radius 2 is 1.90 bits per heavy atom. The van der Waals surface area contributed by atoms with Crippen molar-refractivity contribution < 1.29 is 14.7 Å². The highest BCUT2D eigenvalue weighted by molar-refractivity contribution is 5.88. The lowest BCUT2D eigenvalue weighted by Crippen LogP contribution is -2.50. The molecule has 2 atom stereocenters. The fraction of sp³-hybridized carbons (Fsp3) is 0.529. The first-order valence-electron chi connectivity index (χ1n) is 7.79. The Bertz CT molecular complexity index is 555. The number of amides is 1. The van der Waals surface area contributed by atoms with Crippen LogP contribution in [-0.4, -0.2) is 34.5 Å². The number of hydrogen-bond acceptors (Lipinski definition) is 2. The number of aliphatic carboxylic acids is 1. The molecule has 1 fully saturated rings. The predicted molar refractivity (Wildman–Crippen MR) is 79.1 cm³/mol. The molecule has 112 valence electrons. The molecule has 0 saturated carbocycles. The van der Waals surface area contributed by atoms with Gasteiger partial charge >= 0.3 is 5.97 Å². The van der Waals surface area contributed by atoms with E-state index in [1.54, 1.807) is 4.90 Å². The Labute approximate surface area is 124 Å². The van der Waals surface area contributed by atoms with Gasteiger partial charge in [-0.25, -0.2) is 4.79 Å². The summed E-state index contributed by atoms with van der Waals surface area (Å²) < 4.78 is 0. The summed E-state index contributed by atoms with van der Waals surface area (Å²) >= 11 is 0. The summed E-state index contributed by atoms with van der Waals surface area (Å²) in [6.45, 7) is 0.578. The standard InChI is InChI=1S/C17H21NO3/c19-16(18-11-4-3-10-15(18)17(20)21)14-9-5-7-12-6-1-2-8-13(12)14/h1-2,6,8,14-15H,3-5,7,9-11H2,(H,20,21)/t14?,15-/m0/s1. The number of aryl methyl sites for hydroxylation is 1. The fourth-order valence-electron chi connectivity index (χ4n) is 3.66. The molecule has 1 aromatic rings. The average Bonchev–Trinajstić information content (AvgIpc) is 2.53. The molecule has 0 radical (unpaired) electrons. The summed E-state index contributed by atoms with van der Waals surface area (Å²) in [7, 11) is 0. The molecule has 1 N–H and O–H groups in total. The second-order valence-electron chi connectivity index (χ2n) is 6.03. The van der Waals surface area contributed by atoms with Gasteiger partial charge in [-0.1, -0.05) is 24.3 Å². The van der Waals surface area contributed by atoms with Crippen LogP contribution in [0.3, 0.4) is 0 Å². The van der Waals surface area contributed by atoms with E-state index in [-0.39, 0.29) is 11.8 Å². The van der Waals surface area contributed by atoms with Crippen molar-refractivity contribution in [2.24, 2.45) is 0 Å². The number of rotatable bonds is 2. The number of carbonyl (C=O) groups is 2. The van der Waals surface area contributed by atoms with Crippen molar-refractivity contribution in [1.29, 1.82) is 0 Å². The third-order valence-electron chi connectivity index (χ3n) is 4.74. The molecule has 1 amide bonds. The van der Waals surface area contributed by atoms with E-state index >= 15 is 0 Å². The van der Waals surface area contributed by atoms with Gasteiger partial charge in [0, 0.05) is 6.54 Å². The topological polar surface area (TPSA) is 57.6 Å². The Kier molecular flexibility index (Phi) is 3.95. The quantitative estimate of drug-likeness (QED) is 0.909. The van der Waals surface area contributed by atoms with Gasteiger partial charge in [0.2, 0.25) is 5.91 Å². The summed E-state index contributed by atoms with van der Waals surface area (Å²) in [5.74, 6) is -1.02. The summed E-state index contributed by atoms with van der Waals surface area (Å²) in [5.41, 5.74) is 2.34. The average molecular weight is 287 g/mol. The number of carboxylic acid groups (broad SMARTS) is 1. The second kappa shape index (κ2) is 5.88. The second-order valence-corrected chi connectivity index (χ2v) is 6.03. The maximum absolute atomic E-state index is 12.9. The molecule has 4 nitrogen and oxygen atoms in total. The van der Waals surface area contributed by atoms with Gasteiger partial charge in [0.15, 0.2) is 0 Å². The van der Waals surface area contributed by atoms with Crippen LogP contribution in [0.5, 0.6) is 0 Å². The third kappa shape index (κ3) is 2.67. The third-order valence-corrected chi connectivity index (χ3v) is 4.74. The SMILES string of the molecule is O=C(O)[C@@H]1CCCCN1C(=O)C1CCCc2ccccc21. The zero-order valence-electron chi connectivity index (χ0n) is 12.1. The molecule has 0 bridgehead atoms. The molecular formula is C17H21NO3. The lowest BCUT2D eigenvalue weighted by Gasteiger charge is -2.37. The highest BCUT2D eigenvalue weighted by atomic mass is 16.4. The fourth-order valence-corrected chi connectivity index (χ4v) is 3.66. The van der Waals surface area contributed by atoms with E-state index in [0.717, 1.165) is 37.7 Å². The van der Waals surface area contributed by atoms with Crippen molar-refractivity contribution in [3.8, 4) is 0 Å². The van der Waals surface area contributed by atoms with E-state index in [1.807, 2.05) is 18.2 Å². The van der Waals surface area contributed by atoms with E-state index in [9.17, 15) is 14.7 Å². The van der Waals surface area contributed by atoms with Crippen LogP contribution in [0.15, 0.2) is 24.3 Å². The first kappa shape index (κ1) is 14.1. The minimum absolute atomic E-state index is 0.00856. The van der Waals surface area contributed by atoms with Crippen molar-refractivity contribution in [2.75, 3.05) is 6.54 Å². The van der Waals surface area contributed by atoms with Crippen LogP contribution in [0.1, 0.15) is 49.1 Å². The van der Waals surface area contributed by atoms with Gasteiger partial charge in [-0.15, -0.1) is 0 Å². The number of carboxylic acids is 1. The lowest BCUT2D eigenvalue weighted by molar-refractivity contribution is -0.152. The van der Waals surface area contributed by atoms with E-state index in [1.165, 1.54) is 5.56 Å². The van der Waals surface area contributed by atoms with Gasteiger partial charge < -0.3 is 10.0 Å². The number of carbonyl (C=O) groups excluding carboxylic acids is 1. The smallest absolute Gasteiger partial charge is 0.326 e. The van der Waals surface area contributed by atoms with Crippen LogP contribution in [0.4, 0.5) is 0 Å². The van der Waals surface area contributed by atoms with E-state index < -0.39 is 12.0 Å². The van der Waals surface area contributed by atoms with Crippen molar-refractivity contribution in [3.63, 3.8) is 0 Å². The van der Waals surface area contributed by atoms with Crippen molar-refractivity contribution in [2.45, 2.75) is 50.5 Å². The molecule has 1 saturated heterocycles. The molecule has 4 heteroatoms. The Morgan fingerprint density at radius 3 is 2.71 bits per heavy atom. The number of piperidine rings is 1. The summed E-state index contributed by atoms with van der Waals surface area (Å²) in [6.07, 6.45) is 5.22. The molecule has 1 aromatic carbocycles. The van der Waals surface area contributed by atoms with Crippen LogP contribution in [0.25, 0.3) is 0 Å². The van der Waals surface area contributed by atoms with Crippen LogP contribution < -0.4 is 0 Å². The van der Waals surface area contributed by atoms with Crippen LogP contribution >= 0.6 is 0 Å². The maximum atomic E-state index is 12.9. The van der Waals surface area contributed by atoms with Gasteiger partial charge in [0.25, 0.3) is 0 Å². The van der Waals surface area contributed by atoms with Crippen LogP contribution in [-0.2, 0) is 16.0 Å². The first-order valence-corrected chi connectivity index (χ1v) is 7.79. The number of benzene rings is 1. The molecule has 2 aliphatic rings. The lowest BCUT2D eigenvalue weighted by atomic mass is 9.81. The summed E-state index contributed by atoms with van der Waals surface area (Å²) in [6, 6.07) is 7.44. The Hall–Kier alpha value is -1.84. The van der Waals surface area contributed by atoms with E-state index in [4.69, 9.17) is 0 Å². The minimum atomic E-state index is -0.868. The van der Waals surface area contributed by atoms with Gasteiger partial charge in [0.1, 0.15) is 6.04 Å². The number of nitrogens with zero attached hydrogens (tertiary/aromatic N) is 1. The van der Waals surface area contributed by atoms with Crippen molar-refractivity contribution >= 4 is 11.9 Å². The highest BCUT2D eigenvalue weighted by Crippen LogP contribution is 2.34. The van der Waals surface area contributed by atoms with Crippen LogP contribution in [0, 0.1) is 0 Å². The monoisotopic (exact) mass is 287 g/mol. The van der Waals surface area contributed by atoms with Crippen LogP contribution in [0.2, 0.25) is 0 Å². The summed E-state index contributed by atoms with van der Waals surface area (Å²) in [4.78, 5) is 25.9. The van der Waals surface area contributed by atoms with E-state index in [0.29, 0.717) is 13.0 Å². The summed E-state index contributed by atoms with van der Waals surface area (Å²) in [5, 5.41) is 9.36.